The van der Waals surface area contributed by atoms with Crippen LogP contribution in [-0.4, -0.2) is 34.9 Å². The predicted molar refractivity (Wildman–Crippen MR) is 138 cm³/mol. The van der Waals surface area contributed by atoms with Crippen LogP contribution in [0.15, 0.2) is 90.2 Å². The molecule has 0 aliphatic carbocycles. The summed E-state index contributed by atoms with van der Waals surface area (Å²) in [4.78, 5) is 28.4. The number of benzene rings is 3. The Morgan fingerprint density at radius 3 is 2.44 bits per heavy atom. The number of carbonyl (C=O) groups excluding carboxylic acids is 2. The van der Waals surface area contributed by atoms with E-state index in [2.05, 4.69) is 0 Å². The fourth-order valence-corrected chi connectivity index (χ4v) is 4.53. The maximum Gasteiger partial charge on any atom is 0.290 e. The van der Waals surface area contributed by atoms with E-state index < -0.39 is 17.7 Å². The van der Waals surface area contributed by atoms with Crippen LogP contribution in [0, 0.1) is 0 Å². The number of nitrogens with zero attached hydrogens (tertiary/aromatic N) is 1. The summed E-state index contributed by atoms with van der Waals surface area (Å²) in [5.74, 6) is -0.0707. The highest BCUT2D eigenvalue weighted by molar-refractivity contribution is 6.09. The van der Waals surface area contributed by atoms with Crippen molar-refractivity contribution >= 4 is 11.7 Å². The number of hydrogen-bond acceptors (Lipinski definition) is 5. The standard InChI is InChI=1S/C30H31NO5/c1-20(2)36-24-14-9-13-22(18-24)28-27(25(32)17-16-21-10-5-4-6-11-21)29(33)30(34)31(28)19-23-12-7-8-15-26(23)35-3/h4-15,18,20,28,33H,16-17,19H2,1-3H3. The van der Waals surface area contributed by atoms with Gasteiger partial charge in [-0.25, -0.2) is 0 Å². The van der Waals surface area contributed by atoms with Crippen molar-refractivity contribution in [2.45, 2.75) is 45.4 Å². The summed E-state index contributed by atoms with van der Waals surface area (Å²) >= 11 is 0. The SMILES string of the molecule is COc1ccccc1CN1C(=O)C(O)=C(C(=O)CCc2ccccc2)C1c1cccc(OC(C)C)c1. The topological polar surface area (TPSA) is 76.1 Å². The number of Topliss-reactive ketones (excluding diaryl/α,β-unsaturated/α-hetero) is 1. The number of rotatable bonds is 10. The van der Waals surface area contributed by atoms with Crippen LogP contribution in [0.3, 0.4) is 0 Å². The van der Waals surface area contributed by atoms with E-state index in [1.165, 1.54) is 4.90 Å². The lowest BCUT2D eigenvalue weighted by Crippen LogP contribution is -2.31. The molecule has 0 aromatic heterocycles. The van der Waals surface area contributed by atoms with Gasteiger partial charge < -0.3 is 19.5 Å². The number of carbonyl (C=O) groups is 2. The third-order valence-electron chi connectivity index (χ3n) is 6.17. The zero-order valence-electron chi connectivity index (χ0n) is 20.8. The third-order valence-corrected chi connectivity index (χ3v) is 6.17. The summed E-state index contributed by atoms with van der Waals surface area (Å²) in [5.41, 5.74) is 2.61. The quantitative estimate of drug-likeness (QED) is 0.406. The molecule has 1 aliphatic rings. The largest absolute Gasteiger partial charge is 0.503 e. The zero-order valence-corrected chi connectivity index (χ0v) is 20.8. The molecule has 6 nitrogen and oxygen atoms in total. The smallest absolute Gasteiger partial charge is 0.290 e. The van der Waals surface area contributed by atoms with Gasteiger partial charge in [0.05, 0.1) is 31.4 Å². The molecule has 6 heteroatoms. The second-order valence-corrected chi connectivity index (χ2v) is 9.06. The van der Waals surface area contributed by atoms with Gasteiger partial charge in [0, 0.05) is 12.0 Å². The molecule has 0 saturated heterocycles. The maximum atomic E-state index is 13.5. The Morgan fingerprint density at radius 2 is 1.72 bits per heavy atom. The number of ether oxygens (including phenoxy) is 2. The number of hydrogen-bond donors (Lipinski definition) is 1. The number of amides is 1. The summed E-state index contributed by atoms with van der Waals surface area (Å²) < 4.78 is 11.4. The van der Waals surface area contributed by atoms with Gasteiger partial charge in [0.1, 0.15) is 11.5 Å². The number of methoxy groups -OCH3 is 1. The van der Waals surface area contributed by atoms with Crippen LogP contribution in [0.1, 0.15) is 43.0 Å². The van der Waals surface area contributed by atoms with E-state index in [0.29, 0.717) is 23.5 Å². The molecule has 3 aromatic carbocycles. The molecule has 186 valence electrons. The van der Waals surface area contributed by atoms with Gasteiger partial charge in [-0.05, 0) is 49.6 Å². The van der Waals surface area contributed by atoms with Crippen molar-refractivity contribution in [2.75, 3.05) is 7.11 Å². The van der Waals surface area contributed by atoms with E-state index in [-0.39, 0.29) is 30.4 Å². The average Bonchev–Trinajstić information content (AvgIpc) is 3.13. The molecule has 0 radical (unpaired) electrons. The molecule has 4 rings (SSSR count). The van der Waals surface area contributed by atoms with Crippen molar-refractivity contribution in [1.29, 1.82) is 0 Å². The van der Waals surface area contributed by atoms with Crippen LogP contribution in [-0.2, 0) is 22.6 Å². The van der Waals surface area contributed by atoms with Gasteiger partial charge >= 0.3 is 0 Å². The van der Waals surface area contributed by atoms with E-state index in [9.17, 15) is 14.7 Å². The Bertz CT molecular complexity index is 1270. The lowest BCUT2D eigenvalue weighted by molar-refractivity contribution is -0.130. The minimum absolute atomic E-state index is 0.0361. The van der Waals surface area contributed by atoms with Crippen molar-refractivity contribution in [3.05, 3.63) is 107 Å². The molecule has 3 aromatic rings. The minimum Gasteiger partial charge on any atom is -0.503 e. The summed E-state index contributed by atoms with van der Waals surface area (Å²) in [6.07, 6.45) is 0.657. The minimum atomic E-state index is -0.749. The van der Waals surface area contributed by atoms with Crippen LogP contribution in [0.5, 0.6) is 11.5 Å². The van der Waals surface area contributed by atoms with E-state index in [1.807, 2.05) is 92.7 Å². The van der Waals surface area contributed by atoms with Crippen molar-refractivity contribution in [2.24, 2.45) is 0 Å². The fourth-order valence-electron chi connectivity index (χ4n) is 4.53. The van der Waals surface area contributed by atoms with Gasteiger partial charge in [-0.1, -0.05) is 60.7 Å². The normalized spacial score (nSPS) is 15.5. The summed E-state index contributed by atoms with van der Waals surface area (Å²) in [5, 5.41) is 11.0. The predicted octanol–water partition coefficient (Wildman–Crippen LogP) is 5.58. The molecular formula is C30H31NO5. The molecule has 0 saturated carbocycles. The molecule has 1 amide bonds. The first-order valence-electron chi connectivity index (χ1n) is 12.1. The molecule has 0 fully saturated rings. The lowest BCUT2D eigenvalue weighted by atomic mass is 9.93. The van der Waals surface area contributed by atoms with Crippen LogP contribution in [0.2, 0.25) is 0 Å². The highest BCUT2D eigenvalue weighted by Gasteiger charge is 2.43. The highest BCUT2D eigenvalue weighted by atomic mass is 16.5. The summed E-state index contributed by atoms with van der Waals surface area (Å²) in [6, 6.07) is 23.7. The van der Waals surface area contributed by atoms with Crippen LogP contribution in [0.4, 0.5) is 0 Å². The number of aliphatic hydroxyl groups is 1. The van der Waals surface area contributed by atoms with E-state index in [1.54, 1.807) is 7.11 Å². The fraction of sp³-hybridized carbons (Fsp3) is 0.267. The monoisotopic (exact) mass is 485 g/mol. The van der Waals surface area contributed by atoms with Crippen molar-refractivity contribution in [1.82, 2.24) is 4.90 Å². The second kappa shape index (κ2) is 11.1. The van der Waals surface area contributed by atoms with Gasteiger partial charge in [-0.3, -0.25) is 9.59 Å². The molecule has 1 aliphatic heterocycles. The molecule has 0 spiro atoms. The Morgan fingerprint density at radius 1 is 1.00 bits per heavy atom. The first-order valence-corrected chi connectivity index (χ1v) is 12.1. The molecule has 1 atom stereocenters. The Labute approximate surface area is 211 Å². The third kappa shape index (κ3) is 5.43. The first kappa shape index (κ1) is 25.0. The van der Waals surface area contributed by atoms with Gasteiger partial charge in [-0.15, -0.1) is 0 Å². The molecule has 1 heterocycles. The molecule has 0 bridgehead atoms. The van der Waals surface area contributed by atoms with Crippen LogP contribution < -0.4 is 9.47 Å². The number of ketones is 1. The van der Waals surface area contributed by atoms with Crippen LogP contribution >= 0.6 is 0 Å². The van der Waals surface area contributed by atoms with E-state index in [4.69, 9.17) is 9.47 Å². The number of aryl methyl sites for hydroxylation is 1. The Kier molecular flexibility index (Phi) is 7.74. The summed E-state index contributed by atoms with van der Waals surface area (Å²) in [7, 11) is 1.57. The number of para-hydroxylation sites is 1. The second-order valence-electron chi connectivity index (χ2n) is 9.06. The molecule has 1 unspecified atom stereocenters. The van der Waals surface area contributed by atoms with Crippen molar-refractivity contribution in [3.63, 3.8) is 0 Å². The number of aliphatic hydroxyl groups excluding tert-OH is 1. The molecular weight excluding hydrogens is 454 g/mol. The van der Waals surface area contributed by atoms with Gasteiger partial charge in [0.2, 0.25) is 0 Å². The highest BCUT2D eigenvalue weighted by Crippen LogP contribution is 2.41. The van der Waals surface area contributed by atoms with Crippen molar-refractivity contribution < 1.29 is 24.2 Å². The van der Waals surface area contributed by atoms with Gasteiger partial charge in [-0.2, -0.15) is 0 Å². The first-order chi connectivity index (χ1) is 17.4. The van der Waals surface area contributed by atoms with Gasteiger partial charge in [0.25, 0.3) is 5.91 Å². The summed E-state index contributed by atoms with van der Waals surface area (Å²) in [6.45, 7) is 4.04. The van der Waals surface area contributed by atoms with Gasteiger partial charge in [0.15, 0.2) is 11.5 Å². The van der Waals surface area contributed by atoms with E-state index in [0.717, 1.165) is 11.1 Å². The Hall–Kier alpha value is -4.06. The van der Waals surface area contributed by atoms with Crippen LogP contribution in [0.25, 0.3) is 0 Å². The lowest BCUT2D eigenvalue weighted by Gasteiger charge is -2.28. The van der Waals surface area contributed by atoms with E-state index >= 15 is 0 Å². The maximum absolute atomic E-state index is 13.5. The Balaban J connectivity index is 1.71. The molecule has 36 heavy (non-hydrogen) atoms. The average molecular weight is 486 g/mol. The zero-order chi connectivity index (χ0) is 25.7. The molecule has 1 N–H and O–H groups in total. The van der Waals surface area contributed by atoms with Crippen molar-refractivity contribution in [3.8, 4) is 11.5 Å².